The van der Waals surface area contributed by atoms with E-state index in [4.69, 9.17) is 14.4 Å². The summed E-state index contributed by atoms with van der Waals surface area (Å²) in [6.07, 6.45) is 0. The predicted octanol–water partition coefficient (Wildman–Crippen LogP) is 13.1. The summed E-state index contributed by atoms with van der Waals surface area (Å²) in [5.41, 5.74) is 11.3. The molecule has 7 aromatic carbocycles. The predicted molar refractivity (Wildman–Crippen MR) is 218 cm³/mol. The maximum atomic E-state index is 6.41. The van der Waals surface area contributed by atoms with Gasteiger partial charge >= 0.3 is 0 Å². The minimum absolute atomic E-state index is 0.704. The van der Waals surface area contributed by atoms with Crippen LogP contribution in [0.1, 0.15) is 0 Å². The van der Waals surface area contributed by atoms with E-state index in [1.54, 1.807) is 0 Å². The van der Waals surface area contributed by atoms with Crippen LogP contribution in [0.15, 0.2) is 162 Å². The molecule has 0 aliphatic carbocycles. The molecule has 4 nitrogen and oxygen atoms in total. The van der Waals surface area contributed by atoms with Gasteiger partial charge in [-0.15, -0.1) is 11.3 Å². The summed E-state index contributed by atoms with van der Waals surface area (Å²) < 4.78 is 11.2. The Bertz CT molecular complexity index is 3200. The van der Waals surface area contributed by atoms with Gasteiger partial charge in [-0.2, -0.15) is 0 Å². The molecule has 0 saturated heterocycles. The lowest BCUT2D eigenvalue weighted by Crippen LogP contribution is -1.96. The number of benzene rings is 7. The highest BCUT2D eigenvalue weighted by molar-refractivity contribution is 7.26. The minimum atomic E-state index is 0.704. The van der Waals surface area contributed by atoms with Gasteiger partial charge in [-0.1, -0.05) is 97.1 Å². The SMILES string of the molecule is Cn1c2ccccc2c2cc(-c3cc(-c4cccc(-c5ccc6oc7ccc8sc9ccccc9c8c7c6c5)c4)nc(-c4ccccc4)n3)ccc21. The lowest BCUT2D eigenvalue weighted by molar-refractivity contribution is 0.669. The Labute approximate surface area is 302 Å². The molecule has 0 spiro atoms. The number of nitrogens with zero attached hydrogens (tertiary/aromatic N) is 3. The number of hydrogen-bond donors (Lipinski definition) is 0. The van der Waals surface area contributed by atoms with Crippen LogP contribution in [0.25, 0.3) is 109 Å². The molecule has 0 aliphatic rings. The van der Waals surface area contributed by atoms with Gasteiger partial charge in [0.2, 0.25) is 0 Å². The standard InChI is InChI=1S/C47H29N3OS/c1-50-39-16-7-5-14-33(39)35-26-32(18-20-40(35)50)38-27-37(48-47(49-38)28-10-3-2-4-11-28)31-13-9-12-29(24-31)30-19-21-41-36(25-30)45-42(51-41)22-23-44-46(45)34-15-6-8-17-43(34)52-44/h2-27H,1H3. The first-order chi connectivity index (χ1) is 25.7. The molecule has 0 fully saturated rings. The van der Waals surface area contributed by atoms with Gasteiger partial charge in [0.05, 0.1) is 11.4 Å². The van der Waals surface area contributed by atoms with Crippen molar-refractivity contribution in [2.24, 2.45) is 7.05 Å². The van der Waals surface area contributed by atoms with E-state index in [1.807, 2.05) is 29.5 Å². The van der Waals surface area contributed by atoms with Crippen LogP contribution in [0.2, 0.25) is 0 Å². The molecule has 0 amide bonds. The normalized spacial score (nSPS) is 11.9. The second-order valence-electron chi connectivity index (χ2n) is 13.4. The van der Waals surface area contributed by atoms with E-state index in [-0.39, 0.29) is 0 Å². The van der Waals surface area contributed by atoms with Crippen molar-refractivity contribution in [1.29, 1.82) is 0 Å². The number of aryl methyl sites for hydroxylation is 1. The molecule has 0 bridgehead atoms. The fourth-order valence-corrected chi connectivity index (χ4v) is 9.02. The van der Waals surface area contributed by atoms with Crippen molar-refractivity contribution in [3.05, 3.63) is 158 Å². The first-order valence-corrected chi connectivity index (χ1v) is 18.3. The molecular formula is C47H29N3OS. The Balaban J connectivity index is 1.07. The Morgan fingerprint density at radius 2 is 1.10 bits per heavy atom. The molecule has 11 rings (SSSR count). The lowest BCUT2D eigenvalue weighted by atomic mass is 9.98. The number of para-hydroxylation sites is 1. The van der Waals surface area contributed by atoms with Crippen molar-refractivity contribution in [2.75, 3.05) is 0 Å². The summed E-state index contributed by atoms with van der Waals surface area (Å²) in [5.74, 6) is 0.704. The molecule has 0 unspecified atom stereocenters. The topological polar surface area (TPSA) is 43.9 Å². The molecule has 244 valence electrons. The molecule has 5 heteroatoms. The van der Waals surface area contributed by atoms with Crippen molar-refractivity contribution in [3.63, 3.8) is 0 Å². The lowest BCUT2D eigenvalue weighted by Gasteiger charge is -2.11. The van der Waals surface area contributed by atoms with E-state index in [0.717, 1.165) is 55.8 Å². The maximum absolute atomic E-state index is 6.41. The number of furan rings is 1. The van der Waals surface area contributed by atoms with Gasteiger partial charge in [-0.05, 0) is 71.8 Å². The minimum Gasteiger partial charge on any atom is -0.456 e. The summed E-state index contributed by atoms with van der Waals surface area (Å²) >= 11 is 1.83. The molecule has 11 aromatic rings. The van der Waals surface area contributed by atoms with Gasteiger partial charge in [0.25, 0.3) is 0 Å². The van der Waals surface area contributed by atoms with E-state index in [2.05, 4.69) is 151 Å². The zero-order valence-corrected chi connectivity index (χ0v) is 29.0. The van der Waals surface area contributed by atoms with E-state index < -0.39 is 0 Å². The van der Waals surface area contributed by atoms with Gasteiger partial charge in [0.1, 0.15) is 11.2 Å². The average Bonchev–Trinajstić information content (AvgIpc) is 3.87. The third-order valence-electron chi connectivity index (χ3n) is 10.4. The summed E-state index contributed by atoms with van der Waals surface area (Å²) in [6.45, 7) is 0. The van der Waals surface area contributed by atoms with Crippen molar-refractivity contribution < 1.29 is 4.42 Å². The number of hydrogen-bond acceptors (Lipinski definition) is 4. The van der Waals surface area contributed by atoms with Crippen LogP contribution in [0.3, 0.4) is 0 Å². The Morgan fingerprint density at radius 1 is 0.442 bits per heavy atom. The number of rotatable bonds is 4. The molecule has 0 radical (unpaired) electrons. The van der Waals surface area contributed by atoms with Crippen LogP contribution in [-0.2, 0) is 7.05 Å². The van der Waals surface area contributed by atoms with Gasteiger partial charge < -0.3 is 8.98 Å². The largest absolute Gasteiger partial charge is 0.456 e. The Morgan fingerprint density at radius 3 is 1.98 bits per heavy atom. The fraction of sp³-hybridized carbons (Fsp3) is 0.0213. The van der Waals surface area contributed by atoms with Gasteiger partial charge in [0.15, 0.2) is 5.82 Å². The summed E-state index contributed by atoms with van der Waals surface area (Å²) in [6, 6.07) is 55.8. The summed E-state index contributed by atoms with van der Waals surface area (Å²) in [5, 5.41) is 7.31. The quantitative estimate of drug-likeness (QED) is 0.185. The highest BCUT2D eigenvalue weighted by Crippen LogP contribution is 2.43. The van der Waals surface area contributed by atoms with Crippen LogP contribution in [0, 0.1) is 0 Å². The zero-order valence-electron chi connectivity index (χ0n) is 28.2. The smallest absolute Gasteiger partial charge is 0.160 e. The van der Waals surface area contributed by atoms with E-state index in [9.17, 15) is 0 Å². The van der Waals surface area contributed by atoms with Crippen LogP contribution in [-0.4, -0.2) is 14.5 Å². The van der Waals surface area contributed by atoms with Crippen molar-refractivity contribution >= 4 is 75.3 Å². The summed E-state index contributed by atoms with van der Waals surface area (Å²) in [4.78, 5) is 10.3. The Kier molecular flexibility index (Phi) is 6.30. The van der Waals surface area contributed by atoms with Crippen LogP contribution in [0.4, 0.5) is 0 Å². The first kappa shape index (κ1) is 29.2. The van der Waals surface area contributed by atoms with Crippen LogP contribution >= 0.6 is 11.3 Å². The van der Waals surface area contributed by atoms with Gasteiger partial charge in [-0.3, -0.25) is 0 Å². The molecule has 52 heavy (non-hydrogen) atoms. The molecule has 0 N–H and O–H groups in total. The second-order valence-corrected chi connectivity index (χ2v) is 14.5. The zero-order chi connectivity index (χ0) is 34.3. The van der Waals surface area contributed by atoms with Crippen molar-refractivity contribution in [3.8, 4) is 45.0 Å². The number of fused-ring (bicyclic) bond motifs is 10. The molecule has 0 atom stereocenters. The molecule has 4 aromatic heterocycles. The number of aromatic nitrogens is 3. The van der Waals surface area contributed by atoms with E-state index >= 15 is 0 Å². The van der Waals surface area contributed by atoms with Gasteiger partial charge in [-0.25, -0.2) is 9.97 Å². The maximum Gasteiger partial charge on any atom is 0.160 e. The number of thiophene rings is 1. The Hall–Kier alpha value is -6.56. The third-order valence-corrected chi connectivity index (χ3v) is 11.6. The van der Waals surface area contributed by atoms with Crippen LogP contribution < -0.4 is 0 Å². The first-order valence-electron chi connectivity index (χ1n) is 17.5. The highest BCUT2D eigenvalue weighted by Gasteiger charge is 2.17. The molecule has 4 heterocycles. The van der Waals surface area contributed by atoms with Crippen molar-refractivity contribution in [2.45, 2.75) is 0 Å². The monoisotopic (exact) mass is 683 g/mol. The van der Waals surface area contributed by atoms with E-state index in [1.165, 1.54) is 47.4 Å². The van der Waals surface area contributed by atoms with Gasteiger partial charge in [0, 0.05) is 76.5 Å². The van der Waals surface area contributed by atoms with Crippen LogP contribution in [0.5, 0.6) is 0 Å². The molecule has 0 aliphatic heterocycles. The fourth-order valence-electron chi connectivity index (χ4n) is 7.91. The highest BCUT2D eigenvalue weighted by atomic mass is 32.1. The molecular weight excluding hydrogens is 655 g/mol. The third kappa shape index (κ3) is 4.46. The van der Waals surface area contributed by atoms with E-state index in [0.29, 0.717) is 5.82 Å². The second kappa shape index (κ2) is 11.2. The molecule has 0 saturated carbocycles. The van der Waals surface area contributed by atoms with Crippen molar-refractivity contribution in [1.82, 2.24) is 14.5 Å². The average molecular weight is 684 g/mol. The summed E-state index contributed by atoms with van der Waals surface area (Å²) in [7, 11) is 2.13.